The van der Waals surface area contributed by atoms with Crippen molar-refractivity contribution in [3.8, 4) is 0 Å². The van der Waals surface area contributed by atoms with Gasteiger partial charge in [-0.15, -0.1) is 5.10 Å². The Bertz CT molecular complexity index is 869. The van der Waals surface area contributed by atoms with E-state index in [1.807, 2.05) is 36.4 Å². The van der Waals surface area contributed by atoms with Gasteiger partial charge in [-0.1, -0.05) is 60.3 Å². The number of benzene rings is 2. The van der Waals surface area contributed by atoms with Gasteiger partial charge in [0.25, 0.3) is 5.91 Å². The Morgan fingerprint density at radius 3 is 2.38 bits per heavy atom. The summed E-state index contributed by atoms with van der Waals surface area (Å²) in [6.45, 7) is 0.516. The van der Waals surface area contributed by atoms with Gasteiger partial charge in [-0.3, -0.25) is 20.4 Å². The molecule has 2 aromatic carbocycles. The number of thioether (sulfide) groups is 1. The highest BCUT2D eigenvalue weighted by Gasteiger charge is 2.11. The molecule has 132 valence electrons. The maximum atomic E-state index is 11.9. The summed E-state index contributed by atoms with van der Waals surface area (Å²) in [6.07, 6.45) is 0. The van der Waals surface area contributed by atoms with E-state index in [9.17, 15) is 9.59 Å². The standard InChI is InChI=1S/C17H16N6O2S/c24-15(18-19-16(25)14-9-5-2-6-10-14)12-26-17-20-21-22-23(17)11-13-7-3-1-4-8-13/h1-10H,11-12H2,(H,18,24)(H,19,25). The average molecular weight is 368 g/mol. The van der Waals surface area contributed by atoms with Crippen LogP contribution in [0.1, 0.15) is 15.9 Å². The third kappa shape index (κ3) is 4.90. The number of rotatable bonds is 6. The fourth-order valence-electron chi connectivity index (χ4n) is 2.11. The maximum Gasteiger partial charge on any atom is 0.269 e. The van der Waals surface area contributed by atoms with Gasteiger partial charge < -0.3 is 0 Å². The molecule has 2 N–H and O–H groups in total. The number of amides is 2. The normalized spacial score (nSPS) is 10.3. The van der Waals surface area contributed by atoms with Crippen LogP contribution < -0.4 is 10.9 Å². The van der Waals surface area contributed by atoms with Crippen molar-refractivity contribution in [2.24, 2.45) is 0 Å². The Morgan fingerprint density at radius 1 is 0.962 bits per heavy atom. The van der Waals surface area contributed by atoms with Crippen LogP contribution in [0.5, 0.6) is 0 Å². The number of carbonyl (C=O) groups excluding carboxylic acids is 2. The molecule has 0 fully saturated rings. The Labute approximate surface area is 154 Å². The minimum Gasteiger partial charge on any atom is -0.272 e. The summed E-state index contributed by atoms with van der Waals surface area (Å²) in [5, 5.41) is 12.0. The highest BCUT2D eigenvalue weighted by Crippen LogP contribution is 2.14. The molecule has 0 bridgehead atoms. The number of hydrogen-bond donors (Lipinski definition) is 2. The van der Waals surface area contributed by atoms with Crippen molar-refractivity contribution in [3.05, 3.63) is 71.8 Å². The largest absolute Gasteiger partial charge is 0.272 e. The van der Waals surface area contributed by atoms with E-state index in [2.05, 4.69) is 26.4 Å². The van der Waals surface area contributed by atoms with E-state index in [4.69, 9.17) is 0 Å². The number of hydrazine groups is 1. The summed E-state index contributed by atoms with van der Waals surface area (Å²) in [5.41, 5.74) is 6.27. The molecule has 0 aliphatic rings. The number of nitrogens with one attached hydrogen (secondary N) is 2. The second kappa shape index (κ2) is 8.77. The molecule has 1 aromatic heterocycles. The van der Waals surface area contributed by atoms with E-state index in [0.717, 1.165) is 5.56 Å². The van der Waals surface area contributed by atoms with Crippen molar-refractivity contribution in [2.45, 2.75) is 11.7 Å². The molecule has 3 aromatic rings. The smallest absolute Gasteiger partial charge is 0.269 e. The van der Waals surface area contributed by atoms with Crippen LogP contribution in [0.3, 0.4) is 0 Å². The summed E-state index contributed by atoms with van der Waals surface area (Å²) in [7, 11) is 0. The molecule has 0 unspecified atom stereocenters. The van der Waals surface area contributed by atoms with E-state index < -0.39 is 0 Å². The van der Waals surface area contributed by atoms with Crippen molar-refractivity contribution in [1.29, 1.82) is 0 Å². The lowest BCUT2D eigenvalue weighted by atomic mass is 10.2. The number of aromatic nitrogens is 4. The molecule has 9 heteroatoms. The summed E-state index contributed by atoms with van der Waals surface area (Å²) in [5.74, 6) is -0.657. The fraction of sp³-hybridized carbons (Fsp3) is 0.118. The van der Waals surface area contributed by atoms with Crippen LogP contribution in [0.4, 0.5) is 0 Å². The Kier molecular flexibility index (Phi) is 5.94. The van der Waals surface area contributed by atoms with Gasteiger partial charge in [-0.25, -0.2) is 4.68 Å². The minimum absolute atomic E-state index is 0.0736. The monoisotopic (exact) mass is 368 g/mol. The molecule has 3 rings (SSSR count). The summed E-state index contributed by atoms with van der Waals surface area (Å²) < 4.78 is 1.62. The highest BCUT2D eigenvalue weighted by atomic mass is 32.2. The molecule has 0 atom stereocenters. The molecular formula is C17H16N6O2S. The van der Waals surface area contributed by atoms with E-state index in [-0.39, 0.29) is 17.6 Å². The summed E-state index contributed by atoms with van der Waals surface area (Å²) >= 11 is 1.19. The quantitative estimate of drug-likeness (QED) is 0.502. The number of hydrogen-bond acceptors (Lipinski definition) is 6. The lowest BCUT2D eigenvalue weighted by Crippen LogP contribution is -2.42. The zero-order valence-corrected chi connectivity index (χ0v) is 14.5. The molecule has 0 saturated heterocycles. The topological polar surface area (TPSA) is 102 Å². The maximum absolute atomic E-state index is 11.9. The third-order valence-corrected chi connectivity index (χ3v) is 4.32. The Morgan fingerprint density at radius 2 is 1.65 bits per heavy atom. The van der Waals surface area contributed by atoms with Crippen molar-refractivity contribution >= 4 is 23.6 Å². The molecule has 0 aliphatic carbocycles. The average Bonchev–Trinajstić information content (AvgIpc) is 3.13. The van der Waals surface area contributed by atoms with E-state index >= 15 is 0 Å². The number of tetrazole rings is 1. The van der Waals surface area contributed by atoms with Crippen molar-refractivity contribution in [2.75, 3.05) is 5.75 Å². The number of carbonyl (C=O) groups is 2. The van der Waals surface area contributed by atoms with Crippen LogP contribution in [0, 0.1) is 0 Å². The van der Waals surface area contributed by atoms with Crippen LogP contribution in [0.2, 0.25) is 0 Å². The van der Waals surface area contributed by atoms with Crippen LogP contribution in [-0.2, 0) is 11.3 Å². The van der Waals surface area contributed by atoms with Crippen molar-refractivity contribution in [1.82, 2.24) is 31.1 Å². The molecule has 0 spiro atoms. The van der Waals surface area contributed by atoms with Crippen LogP contribution >= 0.6 is 11.8 Å². The first-order chi connectivity index (χ1) is 12.7. The first-order valence-electron chi connectivity index (χ1n) is 7.79. The van der Waals surface area contributed by atoms with Gasteiger partial charge in [-0.05, 0) is 28.1 Å². The molecule has 26 heavy (non-hydrogen) atoms. The zero-order valence-electron chi connectivity index (χ0n) is 13.7. The predicted octanol–water partition coefficient (Wildman–Crippen LogP) is 1.27. The molecule has 8 nitrogen and oxygen atoms in total. The van der Waals surface area contributed by atoms with Crippen molar-refractivity contribution in [3.63, 3.8) is 0 Å². The second-order valence-electron chi connectivity index (χ2n) is 5.26. The fourth-order valence-corrected chi connectivity index (χ4v) is 2.79. The molecule has 1 heterocycles. The first-order valence-corrected chi connectivity index (χ1v) is 8.78. The van der Waals surface area contributed by atoms with Crippen LogP contribution in [0.15, 0.2) is 65.8 Å². The predicted molar refractivity (Wildman–Crippen MR) is 96.1 cm³/mol. The van der Waals surface area contributed by atoms with Gasteiger partial charge in [-0.2, -0.15) is 0 Å². The molecule has 0 aliphatic heterocycles. The molecule has 2 amide bonds. The molecule has 0 radical (unpaired) electrons. The minimum atomic E-state index is -0.377. The SMILES string of the molecule is O=C(CSc1nnnn1Cc1ccccc1)NNC(=O)c1ccccc1. The van der Waals surface area contributed by atoms with Crippen LogP contribution in [0.25, 0.3) is 0 Å². The Hall–Kier alpha value is -3.20. The second-order valence-corrected chi connectivity index (χ2v) is 6.20. The lowest BCUT2D eigenvalue weighted by Gasteiger charge is -2.07. The Balaban J connectivity index is 1.48. The van der Waals surface area contributed by atoms with Gasteiger partial charge >= 0.3 is 0 Å². The van der Waals surface area contributed by atoms with Crippen molar-refractivity contribution < 1.29 is 9.59 Å². The zero-order chi connectivity index (χ0) is 18.2. The van der Waals surface area contributed by atoms with E-state index in [0.29, 0.717) is 17.3 Å². The third-order valence-electron chi connectivity index (χ3n) is 3.36. The van der Waals surface area contributed by atoms with E-state index in [1.165, 1.54) is 11.8 Å². The summed E-state index contributed by atoms with van der Waals surface area (Å²) in [4.78, 5) is 23.8. The van der Waals surface area contributed by atoms with Gasteiger partial charge in [0.2, 0.25) is 11.1 Å². The summed E-state index contributed by atoms with van der Waals surface area (Å²) in [6, 6.07) is 18.4. The van der Waals surface area contributed by atoms with Gasteiger partial charge in [0, 0.05) is 5.56 Å². The van der Waals surface area contributed by atoms with E-state index in [1.54, 1.807) is 28.9 Å². The van der Waals surface area contributed by atoms with Gasteiger partial charge in [0.05, 0.1) is 12.3 Å². The molecular weight excluding hydrogens is 352 g/mol. The first kappa shape index (κ1) is 17.6. The van der Waals surface area contributed by atoms with Crippen LogP contribution in [-0.4, -0.2) is 37.8 Å². The van der Waals surface area contributed by atoms with Gasteiger partial charge in [0.1, 0.15) is 0 Å². The lowest BCUT2D eigenvalue weighted by molar-refractivity contribution is -0.119. The van der Waals surface area contributed by atoms with Gasteiger partial charge in [0.15, 0.2) is 0 Å². The molecule has 0 saturated carbocycles. The highest BCUT2D eigenvalue weighted by molar-refractivity contribution is 7.99. The number of nitrogens with zero attached hydrogens (tertiary/aromatic N) is 4.